The van der Waals surface area contributed by atoms with Crippen LogP contribution in [0.1, 0.15) is 155 Å². The number of amides is 3. The van der Waals surface area contributed by atoms with Crippen molar-refractivity contribution in [1.82, 2.24) is 39.8 Å². The Bertz CT molecular complexity index is 4480. The molecular formula is C94H139N11O23. The van der Waals surface area contributed by atoms with Gasteiger partial charge in [0, 0.05) is 71.3 Å². The smallest absolute Gasteiger partial charge is 0.329 e. The molecule has 1 aliphatic carbocycles. The average Bonchev–Trinajstić information content (AvgIpc) is 1.50. The molecule has 2 bridgehead atoms. The zero-order valence-corrected chi connectivity index (χ0v) is 76.5. The number of hydrogen-bond donors (Lipinski definition) is 6. The second-order valence-corrected chi connectivity index (χ2v) is 34.4. The third kappa shape index (κ3) is 30.2. The Labute approximate surface area is 751 Å². The quantitative estimate of drug-likeness (QED) is 0.00701. The van der Waals surface area contributed by atoms with Crippen LogP contribution >= 0.6 is 0 Å². The molecule has 34 nitrogen and oxygen atoms in total. The number of methoxy groups -OCH3 is 3. The number of aliphatic hydroxyl groups is 3. The SMILES string of the molecule is CO[C@H]1C[C@@H]2CC[C@@H](C)[C@@](O)(O2)C(=O)C(=O)N2CCCC[C@H]2C(=O)O[C@H]([C@H](C)C[C@@H]2CC[C@@H](O)[C@H](OC)C2)CC[C@H](C)/C=C(\C)[C@@H](O)[C@@H](OC)C(=NOCC(=O)NCCOCCOCCOCCOCCOCCOCCOCCOCCC(=O)N2CCc3cc(Cn4nc(-c5ccc6oc(N)nc6c5)c5c(N)ncnc54)ccc3C2)[C@H](C)C[C@H](C)/C=C/C=CC=C1C. The first kappa shape index (κ1) is 102. The molecule has 2 aromatic carbocycles. The summed E-state index contributed by atoms with van der Waals surface area (Å²) in [4.78, 5) is 91.9. The molecule has 15 atom stereocenters. The Hall–Kier alpha value is -8.56. The van der Waals surface area contributed by atoms with Crippen LogP contribution in [-0.4, -0.2) is 293 Å². The van der Waals surface area contributed by atoms with Crippen LogP contribution in [0.15, 0.2) is 99.9 Å². The summed E-state index contributed by atoms with van der Waals surface area (Å²) in [5.74, 6) is -6.32. The normalized spacial score (nSPS) is 26.5. The van der Waals surface area contributed by atoms with Crippen LogP contribution in [0.25, 0.3) is 33.4 Å². The number of Topliss-reactive ketones (excluding diaryl/α,β-unsaturated/α-hetero) is 1. The van der Waals surface area contributed by atoms with Crippen molar-refractivity contribution in [1.29, 1.82) is 0 Å². The number of nitrogens with zero attached hydrogens (tertiary/aromatic N) is 8. The van der Waals surface area contributed by atoms with Gasteiger partial charge in [-0.1, -0.05) is 94.4 Å². The Morgan fingerprint density at radius 3 is 2.08 bits per heavy atom. The minimum Gasteiger partial charge on any atom is -0.461 e. The largest absolute Gasteiger partial charge is 0.461 e. The van der Waals surface area contributed by atoms with E-state index in [2.05, 4.69) is 63.5 Å². The topological polar surface area (TPSA) is 428 Å². The number of anilines is 2. The highest BCUT2D eigenvalue weighted by Crippen LogP contribution is 2.40. The van der Waals surface area contributed by atoms with E-state index in [1.807, 2.05) is 79.8 Å². The molecule has 5 aromatic rings. The molecule has 3 aromatic heterocycles. The fourth-order valence-corrected chi connectivity index (χ4v) is 17.4. The molecule has 10 rings (SSSR count). The van der Waals surface area contributed by atoms with Crippen molar-refractivity contribution in [2.75, 3.05) is 165 Å². The van der Waals surface area contributed by atoms with E-state index in [1.54, 1.807) is 27.2 Å². The van der Waals surface area contributed by atoms with Gasteiger partial charge >= 0.3 is 5.97 Å². The number of fused-ring (bicyclic) bond motifs is 6. The van der Waals surface area contributed by atoms with Gasteiger partial charge in [-0.05, 0) is 167 Å². The molecule has 0 spiro atoms. The number of piperidine rings is 1. The minimum absolute atomic E-state index is 0.00226. The van der Waals surface area contributed by atoms with Gasteiger partial charge in [0.15, 0.2) is 17.8 Å². The first-order chi connectivity index (χ1) is 61.9. The van der Waals surface area contributed by atoms with Gasteiger partial charge in [-0.15, -0.1) is 0 Å². The Kier molecular flexibility index (Phi) is 41.6. The van der Waals surface area contributed by atoms with Crippen molar-refractivity contribution in [2.24, 2.45) is 40.7 Å². The summed E-state index contributed by atoms with van der Waals surface area (Å²) in [5, 5.41) is 48.0. The third-order valence-corrected chi connectivity index (χ3v) is 24.7. The van der Waals surface area contributed by atoms with Gasteiger partial charge in [-0.3, -0.25) is 19.2 Å². The highest BCUT2D eigenvalue weighted by Gasteiger charge is 2.53. The van der Waals surface area contributed by atoms with E-state index >= 15 is 0 Å². The van der Waals surface area contributed by atoms with E-state index in [-0.39, 0.29) is 80.2 Å². The standard InChI is InChI=1S/C94H139N11O23/c1-61-16-12-11-13-17-63(3)79(114-8)56-73-25-20-67(7)94(113,128-73)88(110)91(111)104-32-15-14-18-75(104)92(112)126-77(64(4)52-68-22-26-76(106)80(54-68)115-9)27-19-62(2)51-66(6)86(109)87(116-10)84(65(5)50-61)102-125-59-81(107)97-31-35-118-37-39-120-41-43-122-45-47-124-49-48-123-46-44-121-42-40-119-38-36-117-34-30-82(108)103-33-29-70-53-69(21-23-72(70)58-103)57-105-90-83(89(95)98-60-99-90)85(101-105)71-24-28-78-74(55-71)100-93(96)127-78/h11-13,16-17,21,23-24,28,51,53,55,60-62,64-65,67-68,73,75-77,79-80,86-87,106,109,113H,14-15,18-20,22,25-27,29-50,52,54,56-59H2,1-10H3,(H2,96,100)(H,97,107)(H2,95,98,99)/b13-11?,16-12+,63-17?,66-51+,102-84?/t61-,62+,64-,65-,67-,68+,73+,75+,76-,77+,79+,80-,86-,87+,94-/m1/s1. The number of carbonyl (C=O) groups is 5. The van der Waals surface area contributed by atoms with Crippen molar-refractivity contribution in [3.8, 4) is 11.3 Å². The maximum absolute atomic E-state index is 14.7. The number of carbonyl (C=O) groups excluding carboxylic acids is 5. The number of aliphatic hydroxyl groups excluding tert-OH is 2. The van der Waals surface area contributed by atoms with Gasteiger partial charge in [0.2, 0.25) is 11.7 Å². The molecule has 3 amide bonds. The summed E-state index contributed by atoms with van der Waals surface area (Å²) < 4.78 is 83.0. The molecule has 4 aliphatic heterocycles. The number of allylic oxidation sites excluding steroid dienone is 6. The molecule has 0 unspecified atom stereocenters. The van der Waals surface area contributed by atoms with Crippen LogP contribution in [-0.2, 0) is 110 Å². The number of hydrogen-bond acceptors (Lipinski definition) is 30. The number of oxazole rings is 1. The molecule has 2 saturated heterocycles. The van der Waals surface area contributed by atoms with Crippen LogP contribution < -0.4 is 16.8 Å². The molecule has 708 valence electrons. The second kappa shape index (κ2) is 52.5. The molecule has 0 radical (unpaired) electrons. The highest BCUT2D eigenvalue weighted by molar-refractivity contribution is 6.39. The van der Waals surface area contributed by atoms with Gasteiger partial charge in [-0.2, -0.15) is 10.1 Å². The first-order valence-electron chi connectivity index (χ1n) is 45.6. The number of nitrogens with two attached hydrogens (primary N) is 2. The number of benzene rings is 2. The van der Waals surface area contributed by atoms with Crippen molar-refractivity contribution in [3.05, 3.63) is 107 Å². The summed E-state index contributed by atoms with van der Waals surface area (Å²) in [6.45, 7) is 21.0. The van der Waals surface area contributed by atoms with Gasteiger partial charge in [-0.25, -0.2) is 19.4 Å². The van der Waals surface area contributed by atoms with E-state index in [0.29, 0.717) is 234 Å². The van der Waals surface area contributed by atoms with Gasteiger partial charge in [0.05, 0.1) is 154 Å². The number of ether oxygens (including phenoxy) is 13. The lowest BCUT2D eigenvalue weighted by atomic mass is 9.78. The lowest BCUT2D eigenvalue weighted by Crippen LogP contribution is -2.61. The van der Waals surface area contributed by atoms with Crippen molar-refractivity contribution < 1.29 is 110 Å². The summed E-state index contributed by atoms with van der Waals surface area (Å²) in [7, 11) is 4.69. The molecule has 1 saturated carbocycles. The molecule has 5 aliphatic rings. The first-order valence-corrected chi connectivity index (χ1v) is 45.6. The highest BCUT2D eigenvalue weighted by atomic mass is 16.6. The Balaban J connectivity index is 0.574. The fraction of sp³-hybridized carbons (Fsp3) is 0.660. The number of rotatable bonds is 39. The van der Waals surface area contributed by atoms with Crippen molar-refractivity contribution in [2.45, 2.75) is 212 Å². The van der Waals surface area contributed by atoms with E-state index in [4.69, 9.17) is 87.4 Å². The van der Waals surface area contributed by atoms with E-state index in [0.717, 1.165) is 35.1 Å². The zero-order chi connectivity index (χ0) is 91.5. The van der Waals surface area contributed by atoms with E-state index in [9.17, 15) is 39.3 Å². The van der Waals surface area contributed by atoms with E-state index in [1.165, 1.54) is 23.9 Å². The fourth-order valence-electron chi connectivity index (χ4n) is 17.4. The minimum atomic E-state index is -2.42. The number of ketones is 1. The number of aromatic nitrogens is 5. The number of cyclic esters (lactones) is 1. The second-order valence-electron chi connectivity index (χ2n) is 34.4. The Morgan fingerprint density at radius 1 is 0.711 bits per heavy atom. The third-order valence-electron chi connectivity index (χ3n) is 24.7. The van der Waals surface area contributed by atoms with Crippen molar-refractivity contribution >= 4 is 69.2 Å². The average molecular weight is 1790 g/mol. The van der Waals surface area contributed by atoms with Crippen LogP contribution in [0.4, 0.5) is 11.8 Å². The molecule has 8 N–H and O–H groups in total. The summed E-state index contributed by atoms with van der Waals surface area (Å²) in [6, 6.07) is 10.9. The number of oxime groups is 1. The van der Waals surface area contributed by atoms with Gasteiger partial charge in [0.1, 0.15) is 47.7 Å². The predicted molar refractivity (Wildman–Crippen MR) is 479 cm³/mol. The molecule has 34 heteroatoms. The lowest BCUT2D eigenvalue weighted by Gasteiger charge is -2.42. The monoisotopic (exact) mass is 1790 g/mol. The molecule has 128 heavy (non-hydrogen) atoms. The summed E-state index contributed by atoms with van der Waals surface area (Å²) >= 11 is 0. The van der Waals surface area contributed by atoms with Crippen LogP contribution in [0.2, 0.25) is 0 Å². The lowest BCUT2D eigenvalue weighted by molar-refractivity contribution is -0.265. The zero-order valence-electron chi connectivity index (χ0n) is 76.5. The maximum atomic E-state index is 14.7. The maximum Gasteiger partial charge on any atom is 0.329 e. The predicted octanol–water partition coefficient (Wildman–Crippen LogP) is 9.19. The van der Waals surface area contributed by atoms with Crippen molar-refractivity contribution in [3.63, 3.8) is 0 Å². The van der Waals surface area contributed by atoms with Crippen LogP contribution in [0.3, 0.4) is 0 Å². The van der Waals surface area contributed by atoms with Crippen LogP contribution in [0, 0.1) is 35.5 Å². The van der Waals surface area contributed by atoms with Crippen LogP contribution in [0.5, 0.6) is 0 Å². The number of nitrogens with one attached hydrogen (secondary N) is 1. The Morgan fingerprint density at radius 2 is 1.40 bits per heavy atom. The molecule has 7 heterocycles. The van der Waals surface area contributed by atoms with Gasteiger partial charge in [0.25, 0.3) is 23.6 Å². The molecule has 3 fully saturated rings. The van der Waals surface area contributed by atoms with Gasteiger partial charge < -0.3 is 113 Å². The summed E-state index contributed by atoms with van der Waals surface area (Å²) in [6.07, 6.45) is 16.4. The number of nitrogen functional groups attached to an aromatic ring is 2. The van der Waals surface area contributed by atoms with E-state index < -0.39 is 84.5 Å². The summed E-state index contributed by atoms with van der Waals surface area (Å²) in [5.41, 5.74) is 20.6. The number of esters is 1. The molecular weight excluding hydrogens is 1650 g/mol.